The van der Waals surface area contributed by atoms with Crippen LogP contribution in [0.5, 0.6) is 11.5 Å². The van der Waals surface area contributed by atoms with Crippen LogP contribution in [-0.4, -0.2) is 26.3 Å². The van der Waals surface area contributed by atoms with Crippen LogP contribution in [0.1, 0.15) is 12.8 Å². The Morgan fingerprint density at radius 1 is 1.21 bits per heavy atom. The second-order valence-corrected chi connectivity index (χ2v) is 6.02. The highest BCUT2D eigenvalue weighted by molar-refractivity contribution is 9.11. The van der Waals surface area contributed by atoms with Gasteiger partial charge in [0.25, 0.3) is 0 Å². The Morgan fingerprint density at radius 3 is 2.32 bits per heavy atom. The summed E-state index contributed by atoms with van der Waals surface area (Å²) in [7, 11) is 2.97. The van der Waals surface area contributed by atoms with Gasteiger partial charge in [0.05, 0.1) is 23.2 Å². The summed E-state index contributed by atoms with van der Waals surface area (Å²) in [5.74, 6) is 1.21. The predicted octanol–water partition coefficient (Wildman–Crippen LogP) is 3.55. The molecule has 1 fully saturated rings. The van der Waals surface area contributed by atoms with Crippen molar-refractivity contribution in [3.05, 3.63) is 21.1 Å². The molecule has 1 aliphatic rings. The van der Waals surface area contributed by atoms with Crippen LogP contribution >= 0.6 is 31.9 Å². The smallest absolute Gasteiger partial charge is 0.347 e. The van der Waals surface area contributed by atoms with Gasteiger partial charge in [0.2, 0.25) is 0 Å². The molecular formula is C13H14Br2O4. The summed E-state index contributed by atoms with van der Waals surface area (Å²) in [6.45, 7) is 0. The highest BCUT2D eigenvalue weighted by Crippen LogP contribution is 2.40. The third-order valence-electron chi connectivity index (χ3n) is 2.94. The maximum atomic E-state index is 11.7. The van der Waals surface area contributed by atoms with Crippen LogP contribution in [0.3, 0.4) is 0 Å². The molecule has 0 aliphatic heterocycles. The van der Waals surface area contributed by atoms with E-state index in [2.05, 4.69) is 31.9 Å². The molecule has 0 aromatic heterocycles. The zero-order valence-corrected chi connectivity index (χ0v) is 13.8. The molecule has 0 heterocycles. The third-order valence-corrected chi connectivity index (χ3v) is 4.18. The van der Waals surface area contributed by atoms with E-state index < -0.39 is 6.10 Å². The quantitative estimate of drug-likeness (QED) is 0.717. The van der Waals surface area contributed by atoms with Gasteiger partial charge in [0.15, 0.2) is 6.10 Å². The van der Waals surface area contributed by atoms with Crippen LogP contribution in [-0.2, 0) is 9.53 Å². The van der Waals surface area contributed by atoms with E-state index in [9.17, 15) is 4.79 Å². The van der Waals surface area contributed by atoms with Crippen LogP contribution in [0.2, 0.25) is 0 Å². The molecule has 19 heavy (non-hydrogen) atoms. The first kappa shape index (κ1) is 14.7. The molecule has 4 nitrogen and oxygen atoms in total. The molecule has 1 atom stereocenters. The van der Waals surface area contributed by atoms with E-state index in [-0.39, 0.29) is 11.9 Å². The van der Waals surface area contributed by atoms with Gasteiger partial charge in [0.1, 0.15) is 11.5 Å². The van der Waals surface area contributed by atoms with Crippen molar-refractivity contribution in [2.45, 2.75) is 18.9 Å². The van der Waals surface area contributed by atoms with Gasteiger partial charge in [-0.05, 0) is 56.8 Å². The summed E-state index contributed by atoms with van der Waals surface area (Å²) in [5, 5.41) is 0. The van der Waals surface area contributed by atoms with Crippen LogP contribution in [0.4, 0.5) is 0 Å². The van der Waals surface area contributed by atoms with E-state index in [0.29, 0.717) is 11.5 Å². The molecule has 1 aliphatic carbocycles. The maximum absolute atomic E-state index is 11.7. The molecule has 0 spiro atoms. The third kappa shape index (κ3) is 3.42. The van der Waals surface area contributed by atoms with Crippen molar-refractivity contribution in [3.63, 3.8) is 0 Å². The Labute approximate surface area is 128 Å². The zero-order valence-electron chi connectivity index (χ0n) is 10.6. The summed E-state index contributed by atoms with van der Waals surface area (Å²) in [5.41, 5.74) is 0. The number of carbonyl (C=O) groups is 1. The second kappa shape index (κ2) is 6.13. The Morgan fingerprint density at radius 2 is 1.79 bits per heavy atom. The number of carbonyl (C=O) groups excluding carboxylic acids is 1. The fraction of sp³-hybridized carbons (Fsp3) is 0.462. The first-order valence-electron chi connectivity index (χ1n) is 5.84. The van der Waals surface area contributed by atoms with Gasteiger partial charge >= 0.3 is 5.97 Å². The summed E-state index contributed by atoms with van der Waals surface area (Å²) in [6.07, 6.45) is 1.45. The van der Waals surface area contributed by atoms with Crippen molar-refractivity contribution in [3.8, 4) is 11.5 Å². The monoisotopic (exact) mass is 392 g/mol. The number of esters is 1. The molecule has 0 N–H and O–H groups in total. The molecule has 0 saturated heterocycles. The standard InChI is InChI=1S/C13H14Br2O4/c1-17-10-5-9(15)11(6-8(10)14)19-12(7-3-4-7)13(16)18-2/h5-7,12H,3-4H2,1-2H3. The van der Waals surface area contributed by atoms with Gasteiger partial charge in [-0.15, -0.1) is 0 Å². The van der Waals surface area contributed by atoms with Gasteiger partial charge in [-0.3, -0.25) is 0 Å². The fourth-order valence-corrected chi connectivity index (χ4v) is 2.65. The van der Waals surface area contributed by atoms with Crippen LogP contribution in [0.25, 0.3) is 0 Å². The van der Waals surface area contributed by atoms with Gasteiger partial charge in [-0.25, -0.2) is 4.79 Å². The lowest BCUT2D eigenvalue weighted by Crippen LogP contribution is -2.30. The van der Waals surface area contributed by atoms with Crippen molar-refractivity contribution in [2.75, 3.05) is 14.2 Å². The van der Waals surface area contributed by atoms with Crippen LogP contribution in [0.15, 0.2) is 21.1 Å². The van der Waals surface area contributed by atoms with Crippen molar-refractivity contribution >= 4 is 37.8 Å². The normalized spacial score (nSPS) is 15.8. The van der Waals surface area contributed by atoms with E-state index >= 15 is 0 Å². The number of ether oxygens (including phenoxy) is 3. The minimum atomic E-state index is -0.540. The number of halogens is 2. The van der Waals surface area contributed by atoms with Crippen molar-refractivity contribution in [1.29, 1.82) is 0 Å². The number of methoxy groups -OCH3 is 2. The minimum Gasteiger partial charge on any atom is -0.496 e. The Balaban J connectivity index is 2.21. The molecule has 1 aromatic carbocycles. The maximum Gasteiger partial charge on any atom is 0.347 e. The molecule has 1 aromatic rings. The molecule has 1 unspecified atom stereocenters. The zero-order chi connectivity index (χ0) is 14.0. The Kier molecular flexibility index (Phi) is 4.73. The largest absolute Gasteiger partial charge is 0.496 e. The molecule has 0 radical (unpaired) electrons. The molecule has 104 valence electrons. The summed E-state index contributed by atoms with van der Waals surface area (Å²) < 4.78 is 17.3. The fourth-order valence-electron chi connectivity index (χ4n) is 1.75. The van der Waals surface area contributed by atoms with Gasteiger partial charge in [0, 0.05) is 5.92 Å². The molecule has 2 rings (SSSR count). The number of hydrogen-bond donors (Lipinski definition) is 0. The topological polar surface area (TPSA) is 44.8 Å². The summed E-state index contributed by atoms with van der Waals surface area (Å²) >= 11 is 6.81. The van der Waals surface area contributed by atoms with Crippen LogP contribution in [0, 0.1) is 5.92 Å². The van der Waals surface area contributed by atoms with Crippen LogP contribution < -0.4 is 9.47 Å². The number of rotatable bonds is 5. The van der Waals surface area contributed by atoms with E-state index in [1.165, 1.54) is 7.11 Å². The summed E-state index contributed by atoms with van der Waals surface area (Å²) in [6, 6.07) is 3.57. The van der Waals surface area contributed by atoms with Gasteiger partial charge in [-0.2, -0.15) is 0 Å². The molecule has 1 saturated carbocycles. The van der Waals surface area contributed by atoms with E-state index in [4.69, 9.17) is 14.2 Å². The average Bonchev–Trinajstić information content (AvgIpc) is 3.22. The molecular weight excluding hydrogens is 380 g/mol. The average molecular weight is 394 g/mol. The Hall–Kier alpha value is -0.750. The first-order chi connectivity index (χ1) is 9.06. The lowest BCUT2D eigenvalue weighted by molar-refractivity contribution is -0.149. The number of benzene rings is 1. The van der Waals surface area contributed by atoms with Crippen molar-refractivity contribution in [1.82, 2.24) is 0 Å². The molecule has 0 bridgehead atoms. The highest BCUT2D eigenvalue weighted by Gasteiger charge is 2.39. The highest BCUT2D eigenvalue weighted by atomic mass is 79.9. The van der Waals surface area contributed by atoms with E-state index in [1.54, 1.807) is 19.2 Å². The van der Waals surface area contributed by atoms with Gasteiger partial charge in [-0.1, -0.05) is 0 Å². The predicted molar refractivity (Wildman–Crippen MR) is 77.6 cm³/mol. The SMILES string of the molecule is COC(=O)C(Oc1cc(Br)c(OC)cc1Br)C1CC1. The van der Waals surface area contributed by atoms with Crippen molar-refractivity contribution < 1.29 is 19.0 Å². The van der Waals surface area contributed by atoms with Crippen molar-refractivity contribution in [2.24, 2.45) is 5.92 Å². The molecule has 6 heteroatoms. The number of hydrogen-bond acceptors (Lipinski definition) is 4. The lowest BCUT2D eigenvalue weighted by atomic mass is 10.2. The first-order valence-corrected chi connectivity index (χ1v) is 7.43. The van der Waals surface area contributed by atoms with E-state index in [0.717, 1.165) is 21.8 Å². The summed E-state index contributed by atoms with van der Waals surface area (Å²) in [4.78, 5) is 11.7. The molecule has 0 amide bonds. The second-order valence-electron chi connectivity index (χ2n) is 4.32. The minimum absolute atomic E-state index is 0.250. The Bertz CT molecular complexity index is 486. The van der Waals surface area contributed by atoms with E-state index in [1.807, 2.05) is 0 Å². The van der Waals surface area contributed by atoms with Gasteiger partial charge < -0.3 is 14.2 Å². The lowest BCUT2D eigenvalue weighted by Gasteiger charge is -2.18.